The van der Waals surface area contributed by atoms with Gasteiger partial charge in [-0.25, -0.2) is 8.42 Å². The minimum Gasteiger partial charge on any atom is -0.355 e. The highest BCUT2D eigenvalue weighted by Gasteiger charge is 2.29. The largest absolute Gasteiger partial charge is 0.355 e. The first-order valence-electron chi connectivity index (χ1n) is 9.69. The average molecular weight is 526 g/mol. The van der Waals surface area contributed by atoms with Crippen LogP contribution in [0.3, 0.4) is 0 Å². The number of anilines is 1. The van der Waals surface area contributed by atoms with Crippen molar-refractivity contribution in [2.75, 3.05) is 36.7 Å². The summed E-state index contributed by atoms with van der Waals surface area (Å²) >= 11 is 0. The summed E-state index contributed by atoms with van der Waals surface area (Å²) < 4.78 is 27.2. The fourth-order valence-electron chi connectivity index (χ4n) is 4.01. The highest BCUT2D eigenvalue weighted by Crippen LogP contribution is 2.29. The summed E-state index contributed by atoms with van der Waals surface area (Å²) in [6, 6.07) is 16.2. The number of rotatable bonds is 4. The molecule has 29 heavy (non-hydrogen) atoms. The lowest BCUT2D eigenvalue weighted by molar-refractivity contribution is 0.380. The third-order valence-corrected chi connectivity index (χ3v) is 7.24. The SMILES string of the molecule is CN=C(NCCS(=O)(=O)N1CCc2ccccc21)N1CCc2ccccc2C1.I. The quantitative estimate of drug-likeness (QED) is 0.378. The molecule has 2 aliphatic heterocycles. The summed E-state index contributed by atoms with van der Waals surface area (Å²) in [6.07, 6.45) is 1.75. The van der Waals surface area contributed by atoms with Crippen LogP contribution in [0.5, 0.6) is 0 Å². The summed E-state index contributed by atoms with van der Waals surface area (Å²) in [7, 11) is -1.62. The Morgan fingerprint density at radius 3 is 2.41 bits per heavy atom. The van der Waals surface area contributed by atoms with Crippen LogP contribution in [0.15, 0.2) is 53.5 Å². The first kappa shape index (κ1) is 21.9. The molecule has 0 amide bonds. The van der Waals surface area contributed by atoms with Crippen LogP contribution in [0.4, 0.5) is 5.69 Å². The van der Waals surface area contributed by atoms with Crippen LogP contribution in [0.2, 0.25) is 0 Å². The van der Waals surface area contributed by atoms with Gasteiger partial charge in [0.15, 0.2) is 5.96 Å². The van der Waals surface area contributed by atoms with E-state index in [9.17, 15) is 8.42 Å². The summed E-state index contributed by atoms with van der Waals surface area (Å²) in [5.74, 6) is 0.802. The van der Waals surface area contributed by atoms with Gasteiger partial charge in [-0.3, -0.25) is 9.30 Å². The molecular formula is C21H27IN4O2S. The number of guanidine groups is 1. The Labute approximate surface area is 190 Å². The number of hydrogen-bond donors (Lipinski definition) is 1. The molecule has 156 valence electrons. The number of para-hydroxylation sites is 1. The zero-order valence-electron chi connectivity index (χ0n) is 16.5. The van der Waals surface area contributed by atoms with Crippen molar-refractivity contribution >= 4 is 45.6 Å². The number of fused-ring (bicyclic) bond motifs is 2. The monoisotopic (exact) mass is 526 g/mol. The van der Waals surface area contributed by atoms with Crippen LogP contribution in [0, 0.1) is 0 Å². The van der Waals surface area contributed by atoms with E-state index in [0.29, 0.717) is 13.1 Å². The van der Waals surface area contributed by atoms with E-state index in [1.54, 1.807) is 11.4 Å². The van der Waals surface area contributed by atoms with E-state index in [0.717, 1.165) is 43.1 Å². The van der Waals surface area contributed by atoms with Crippen LogP contribution in [-0.4, -0.2) is 51.7 Å². The van der Waals surface area contributed by atoms with Gasteiger partial charge in [0.25, 0.3) is 0 Å². The van der Waals surface area contributed by atoms with Gasteiger partial charge >= 0.3 is 0 Å². The molecule has 0 saturated heterocycles. The Hall–Kier alpha value is -1.81. The molecule has 2 aromatic rings. The minimum absolute atomic E-state index is 0. The number of nitrogens with zero attached hydrogens (tertiary/aromatic N) is 3. The lowest BCUT2D eigenvalue weighted by Gasteiger charge is -2.31. The number of halogens is 1. The Morgan fingerprint density at radius 1 is 1.00 bits per heavy atom. The standard InChI is InChI=1S/C21H26N4O2S.HI/c1-22-21(24-13-10-17-6-2-3-8-19(17)16-24)23-12-15-28(26,27)25-14-11-18-7-4-5-9-20(18)25;/h2-9H,10-16H2,1H3,(H,22,23);1H. The van der Waals surface area contributed by atoms with Crippen LogP contribution in [0.1, 0.15) is 16.7 Å². The molecule has 8 heteroatoms. The second kappa shape index (κ2) is 9.34. The maximum absolute atomic E-state index is 12.8. The zero-order chi connectivity index (χ0) is 19.6. The van der Waals surface area contributed by atoms with Crippen molar-refractivity contribution in [3.63, 3.8) is 0 Å². The average Bonchev–Trinajstić information content (AvgIpc) is 3.16. The molecule has 4 rings (SSSR count). The molecule has 0 radical (unpaired) electrons. The van der Waals surface area contributed by atoms with Crippen LogP contribution in [0.25, 0.3) is 0 Å². The van der Waals surface area contributed by atoms with Crippen molar-refractivity contribution in [1.29, 1.82) is 0 Å². The van der Waals surface area contributed by atoms with E-state index in [-0.39, 0.29) is 29.7 Å². The highest BCUT2D eigenvalue weighted by atomic mass is 127. The molecule has 0 aliphatic carbocycles. The predicted octanol–water partition coefficient (Wildman–Crippen LogP) is 2.63. The molecule has 0 aromatic heterocycles. The first-order chi connectivity index (χ1) is 13.6. The molecule has 0 bridgehead atoms. The Balaban J connectivity index is 0.00000240. The van der Waals surface area contributed by atoms with Gasteiger partial charge in [-0.15, -0.1) is 24.0 Å². The molecule has 1 N–H and O–H groups in total. The number of nitrogens with one attached hydrogen (secondary N) is 1. The number of benzene rings is 2. The first-order valence-corrected chi connectivity index (χ1v) is 11.3. The zero-order valence-corrected chi connectivity index (χ0v) is 19.7. The van der Waals surface area contributed by atoms with Gasteiger partial charge in [0.1, 0.15) is 0 Å². The smallest absolute Gasteiger partial charge is 0.236 e. The lowest BCUT2D eigenvalue weighted by Crippen LogP contribution is -2.46. The van der Waals surface area contributed by atoms with Gasteiger partial charge in [-0.1, -0.05) is 42.5 Å². The molecule has 0 spiro atoms. The van der Waals surface area contributed by atoms with Gasteiger partial charge < -0.3 is 10.2 Å². The van der Waals surface area contributed by atoms with E-state index >= 15 is 0 Å². The highest BCUT2D eigenvalue weighted by molar-refractivity contribution is 14.0. The van der Waals surface area contributed by atoms with Crippen LogP contribution in [-0.2, 0) is 29.4 Å². The number of aliphatic imine (C=N–C) groups is 1. The summed E-state index contributed by atoms with van der Waals surface area (Å²) in [4.78, 5) is 6.54. The fourth-order valence-corrected chi connectivity index (χ4v) is 5.44. The van der Waals surface area contributed by atoms with Gasteiger partial charge in [-0.05, 0) is 35.6 Å². The van der Waals surface area contributed by atoms with E-state index in [1.807, 2.05) is 24.3 Å². The van der Waals surface area contributed by atoms with Gasteiger partial charge in [0.05, 0.1) is 11.4 Å². The number of hydrogen-bond acceptors (Lipinski definition) is 3. The normalized spacial score (nSPS) is 16.1. The maximum Gasteiger partial charge on any atom is 0.236 e. The second-order valence-corrected chi connectivity index (χ2v) is 9.19. The van der Waals surface area contributed by atoms with Crippen molar-refractivity contribution in [1.82, 2.24) is 10.2 Å². The molecule has 0 atom stereocenters. The Bertz CT molecular complexity index is 994. The van der Waals surface area contributed by atoms with E-state index in [2.05, 4.69) is 39.5 Å². The molecular weight excluding hydrogens is 499 g/mol. The van der Waals surface area contributed by atoms with Crippen molar-refractivity contribution in [2.45, 2.75) is 19.4 Å². The third kappa shape index (κ3) is 4.69. The summed E-state index contributed by atoms with van der Waals surface area (Å²) in [6.45, 7) is 2.54. The topological polar surface area (TPSA) is 65.0 Å². The van der Waals surface area contributed by atoms with Crippen molar-refractivity contribution < 1.29 is 8.42 Å². The second-order valence-electron chi connectivity index (χ2n) is 7.18. The maximum atomic E-state index is 12.8. The van der Waals surface area contributed by atoms with Gasteiger partial charge in [0, 0.05) is 33.2 Å². The van der Waals surface area contributed by atoms with Crippen LogP contribution >= 0.6 is 24.0 Å². The van der Waals surface area contributed by atoms with Crippen molar-refractivity contribution in [3.05, 3.63) is 65.2 Å². The summed E-state index contributed by atoms with van der Waals surface area (Å²) in [5.41, 5.74) is 4.60. The molecule has 0 fully saturated rings. The van der Waals surface area contributed by atoms with E-state index < -0.39 is 10.0 Å². The fraction of sp³-hybridized carbons (Fsp3) is 0.381. The molecule has 2 aromatic carbocycles. The van der Waals surface area contributed by atoms with Crippen LogP contribution < -0.4 is 9.62 Å². The van der Waals surface area contributed by atoms with E-state index in [4.69, 9.17) is 0 Å². The number of sulfonamides is 1. The Kier molecular flexibility index (Phi) is 7.05. The predicted molar refractivity (Wildman–Crippen MR) is 129 cm³/mol. The van der Waals surface area contributed by atoms with Gasteiger partial charge in [-0.2, -0.15) is 0 Å². The molecule has 2 aliphatic rings. The van der Waals surface area contributed by atoms with Crippen molar-refractivity contribution in [3.8, 4) is 0 Å². The van der Waals surface area contributed by atoms with Gasteiger partial charge in [0.2, 0.25) is 10.0 Å². The molecule has 0 saturated carbocycles. The third-order valence-electron chi connectivity index (χ3n) is 5.47. The summed E-state index contributed by atoms with van der Waals surface area (Å²) in [5, 5.41) is 3.24. The molecule has 0 unspecified atom stereocenters. The van der Waals surface area contributed by atoms with E-state index in [1.165, 1.54) is 11.1 Å². The Morgan fingerprint density at radius 2 is 1.66 bits per heavy atom. The van der Waals surface area contributed by atoms with Crippen molar-refractivity contribution in [2.24, 2.45) is 4.99 Å². The minimum atomic E-state index is -3.36. The lowest BCUT2D eigenvalue weighted by atomic mass is 10.0. The molecule has 6 nitrogen and oxygen atoms in total. The molecule has 2 heterocycles.